The van der Waals surface area contributed by atoms with Gasteiger partial charge in [0, 0.05) is 36.7 Å². The van der Waals surface area contributed by atoms with E-state index in [2.05, 4.69) is 62.4 Å². The molecule has 0 unspecified atom stereocenters. The van der Waals surface area contributed by atoms with Crippen LogP contribution in [0, 0.1) is 0 Å². The highest BCUT2D eigenvalue weighted by Crippen LogP contribution is 2.37. The fourth-order valence-corrected chi connectivity index (χ4v) is 3.74. The highest BCUT2D eigenvalue weighted by atomic mass is 79.9. The van der Waals surface area contributed by atoms with Gasteiger partial charge in [-0.15, -0.1) is 0 Å². The molecule has 0 bridgehead atoms. The van der Waals surface area contributed by atoms with E-state index in [1.807, 2.05) is 0 Å². The number of halogens is 1. The summed E-state index contributed by atoms with van der Waals surface area (Å²) in [6.45, 7) is 7.36. The van der Waals surface area contributed by atoms with Crippen molar-refractivity contribution in [1.82, 2.24) is 15.1 Å². The Hall–Kier alpha value is -0.420. The van der Waals surface area contributed by atoms with Crippen molar-refractivity contribution in [3.8, 4) is 0 Å². The molecule has 1 aliphatic carbocycles. The quantitative estimate of drug-likeness (QED) is 0.781. The van der Waals surface area contributed by atoms with Crippen LogP contribution in [0.25, 0.3) is 0 Å². The summed E-state index contributed by atoms with van der Waals surface area (Å²) in [5.74, 6) is 0.767. The second-order valence-electron chi connectivity index (χ2n) is 6.87. The van der Waals surface area contributed by atoms with Crippen molar-refractivity contribution in [2.75, 3.05) is 46.3 Å². The molecule has 2 aliphatic rings. The smallest absolute Gasteiger partial charge is 0.0175 e. The maximum Gasteiger partial charge on any atom is 0.0175 e. The predicted molar refractivity (Wildman–Crippen MR) is 96.5 cm³/mol. The molecule has 4 heteroatoms. The van der Waals surface area contributed by atoms with Crippen molar-refractivity contribution >= 4 is 15.9 Å². The average Bonchev–Trinajstić information content (AvgIpc) is 2.48. The molecular formula is C18H28BrN3. The van der Waals surface area contributed by atoms with Crippen molar-refractivity contribution in [2.24, 2.45) is 0 Å². The van der Waals surface area contributed by atoms with Gasteiger partial charge in [0.25, 0.3) is 0 Å². The minimum Gasteiger partial charge on any atom is -0.314 e. The molecular weight excluding hydrogens is 338 g/mol. The van der Waals surface area contributed by atoms with Gasteiger partial charge in [0.2, 0.25) is 0 Å². The van der Waals surface area contributed by atoms with Crippen LogP contribution in [0.3, 0.4) is 0 Å². The third kappa shape index (κ3) is 4.54. The van der Waals surface area contributed by atoms with E-state index in [-0.39, 0.29) is 0 Å². The fourth-order valence-electron chi connectivity index (χ4n) is 3.47. The third-order valence-electron chi connectivity index (χ3n) is 5.16. The zero-order valence-corrected chi connectivity index (χ0v) is 15.2. The van der Waals surface area contributed by atoms with Crippen LogP contribution in [0.5, 0.6) is 0 Å². The molecule has 1 heterocycles. The van der Waals surface area contributed by atoms with Crippen molar-refractivity contribution < 1.29 is 0 Å². The zero-order chi connectivity index (χ0) is 15.4. The maximum atomic E-state index is 3.73. The number of benzene rings is 1. The summed E-state index contributed by atoms with van der Waals surface area (Å²) in [4.78, 5) is 5.03. The van der Waals surface area contributed by atoms with Gasteiger partial charge in [0.15, 0.2) is 0 Å². The first-order chi connectivity index (χ1) is 10.7. The summed E-state index contributed by atoms with van der Waals surface area (Å²) in [5, 5.41) is 3.73. The molecule has 0 aromatic heterocycles. The highest BCUT2D eigenvalue weighted by molar-refractivity contribution is 9.10. The normalized spacial score (nSPS) is 26.8. The topological polar surface area (TPSA) is 18.5 Å². The predicted octanol–water partition coefficient (Wildman–Crippen LogP) is 2.92. The van der Waals surface area contributed by atoms with Gasteiger partial charge in [-0.05, 0) is 63.0 Å². The van der Waals surface area contributed by atoms with Crippen LogP contribution in [0.15, 0.2) is 28.7 Å². The van der Waals surface area contributed by atoms with Crippen LogP contribution >= 0.6 is 15.9 Å². The lowest BCUT2D eigenvalue weighted by atomic mass is 9.76. The van der Waals surface area contributed by atoms with Gasteiger partial charge in [0.1, 0.15) is 0 Å². The van der Waals surface area contributed by atoms with Crippen LogP contribution in [0.1, 0.15) is 30.7 Å². The van der Waals surface area contributed by atoms with Gasteiger partial charge < -0.3 is 15.1 Å². The molecule has 3 rings (SSSR count). The summed E-state index contributed by atoms with van der Waals surface area (Å²) in [6.07, 6.45) is 3.88. The number of piperazine rings is 1. The van der Waals surface area contributed by atoms with Crippen molar-refractivity contribution in [3.63, 3.8) is 0 Å². The van der Waals surface area contributed by atoms with E-state index < -0.39 is 0 Å². The summed E-state index contributed by atoms with van der Waals surface area (Å²) >= 11 is 3.51. The standard InChI is InChI=1S/C18H28BrN3/c1-21-9-11-22(12-10-21)8-2-7-20-18-13-16(14-18)15-3-5-17(19)6-4-15/h3-6,16,18,20H,2,7-14H2,1H3. The van der Waals surface area contributed by atoms with E-state index in [1.54, 1.807) is 0 Å². The minimum absolute atomic E-state index is 0.737. The Balaban J connectivity index is 1.26. The first-order valence-corrected chi connectivity index (χ1v) is 9.40. The van der Waals surface area contributed by atoms with Gasteiger partial charge in [-0.2, -0.15) is 0 Å². The van der Waals surface area contributed by atoms with Gasteiger partial charge in [0.05, 0.1) is 0 Å². The van der Waals surface area contributed by atoms with Crippen LogP contribution in [0.4, 0.5) is 0 Å². The van der Waals surface area contributed by atoms with Gasteiger partial charge >= 0.3 is 0 Å². The summed E-state index contributed by atoms with van der Waals surface area (Å²) in [7, 11) is 2.22. The Kier molecular flexibility index (Phi) is 5.91. The fraction of sp³-hybridized carbons (Fsp3) is 0.667. The Morgan fingerprint density at radius 1 is 1.09 bits per heavy atom. The van der Waals surface area contributed by atoms with Crippen LogP contribution in [-0.4, -0.2) is 62.2 Å². The zero-order valence-electron chi connectivity index (χ0n) is 13.6. The largest absolute Gasteiger partial charge is 0.314 e. The second kappa shape index (κ2) is 7.91. The molecule has 1 saturated carbocycles. The molecule has 22 heavy (non-hydrogen) atoms. The molecule has 0 amide bonds. The molecule has 0 atom stereocenters. The number of likely N-dealkylation sites (N-methyl/N-ethyl adjacent to an activating group) is 1. The summed E-state index contributed by atoms with van der Waals surface area (Å²) in [5.41, 5.74) is 1.50. The van der Waals surface area contributed by atoms with E-state index in [0.717, 1.165) is 12.0 Å². The maximum absolute atomic E-state index is 3.73. The first-order valence-electron chi connectivity index (χ1n) is 8.60. The van der Waals surface area contributed by atoms with Gasteiger partial charge in [-0.3, -0.25) is 0 Å². The minimum atomic E-state index is 0.737. The van der Waals surface area contributed by atoms with Crippen molar-refractivity contribution in [1.29, 1.82) is 0 Å². The monoisotopic (exact) mass is 365 g/mol. The number of rotatable bonds is 6. The molecule has 1 aromatic rings. The molecule has 3 nitrogen and oxygen atoms in total. The van der Waals surface area contributed by atoms with Crippen molar-refractivity contribution in [3.05, 3.63) is 34.3 Å². The molecule has 1 aromatic carbocycles. The number of hydrogen-bond acceptors (Lipinski definition) is 3. The lowest BCUT2D eigenvalue weighted by Crippen LogP contribution is -2.45. The van der Waals surface area contributed by atoms with Crippen LogP contribution in [0.2, 0.25) is 0 Å². The Labute approximate surface area is 143 Å². The highest BCUT2D eigenvalue weighted by Gasteiger charge is 2.29. The van der Waals surface area contributed by atoms with E-state index in [1.165, 1.54) is 68.6 Å². The SMILES string of the molecule is CN1CCN(CCCNC2CC(c3ccc(Br)cc3)C2)CC1. The van der Waals surface area contributed by atoms with Crippen LogP contribution in [-0.2, 0) is 0 Å². The molecule has 2 fully saturated rings. The van der Waals surface area contributed by atoms with Gasteiger partial charge in [-0.1, -0.05) is 28.1 Å². The van der Waals surface area contributed by atoms with Gasteiger partial charge in [-0.25, -0.2) is 0 Å². The molecule has 122 valence electrons. The van der Waals surface area contributed by atoms with Crippen molar-refractivity contribution in [2.45, 2.75) is 31.2 Å². The average molecular weight is 366 g/mol. The Morgan fingerprint density at radius 3 is 2.45 bits per heavy atom. The number of nitrogens with one attached hydrogen (secondary N) is 1. The lowest BCUT2D eigenvalue weighted by molar-refractivity contribution is 0.151. The Bertz CT molecular complexity index is 448. The second-order valence-corrected chi connectivity index (χ2v) is 7.79. The van der Waals surface area contributed by atoms with E-state index in [0.29, 0.717) is 0 Å². The molecule has 0 spiro atoms. The number of hydrogen-bond donors (Lipinski definition) is 1. The third-order valence-corrected chi connectivity index (χ3v) is 5.69. The van der Waals surface area contributed by atoms with E-state index in [4.69, 9.17) is 0 Å². The first kappa shape index (κ1) is 16.4. The molecule has 1 aliphatic heterocycles. The Morgan fingerprint density at radius 2 is 1.77 bits per heavy atom. The summed E-state index contributed by atoms with van der Waals surface area (Å²) in [6, 6.07) is 9.58. The lowest BCUT2D eigenvalue weighted by Gasteiger charge is -2.37. The molecule has 1 saturated heterocycles. The molecule has 1 N–H and O–H groups in total. The summed E-state index contributed by atoms with van der Waals surface area (Å²) < 4.78 is 1.18. The van der Waals surface area contributed by atoms with E-state index >= 15 is 0 Å². The number of nitrogens with zero attached hydrogens (tertiary/aromatic N) is 2. The van der Waals surface area contributed by atoms with E-state index in [9.17, 15) is 0 Å². The van der Waals surface area contributed by atoms with Crippen LogP contribution < -0.4 is 5.32 Å². The molecule has 0 radical (unpaired) electrons.